The highest BCUT2D eigenvalue weighted by Crippen LogP contribution is 2.17. The average molecular weight is 377 g/mol. The molecule has 0 aliphatic heterocycles. The number of benzene rings is 1. The predicted octanol–water partition coefficient (Wildman–Crippen LogP) is 1.95. The topological polar surface area (TPSA) is 76.4 Å². The van der Waals surface area contributed by atoms with Gasteiger partial charge in [0, 0.05) is 37.4 Å². The molecule has 2 N–H and O–H groups in total. The van der Waals surface area contributed by atoms with Crippen molar-refractivity contribution < 1.29 is 4.74 Å². The van der Waals surface area contributed by atoms with Crippen molar-refractivity contribution in [3.63, 3.8) is 0 Å². The highest BCUT2D eigenvalue weighted by atomic mass is 32.2. The largest absolute Gasteiger partial charge is 0.496 e. The minimum absolute atomic E-state index is 0.561. The van der Waals surface area contributed by atoms with Crippen molar-refractivity contribution in [2.75, 3.05) is 32.2 Å². The van der Waals surface area contributed by atoms with Crippen molar-refractivity contribution in [1.82, 2.24) is 25.4 Å². The van der Waals surface area contributed by atoms with Crippen LogP contribution in [-0.2, 0) is 19.5 Å². The summed E-state index contributed by atoms with van der Waals surface area (Å²) >= 11 is 1.81. The highest BCUT2D eigenvalue weighted by molar-refractivity contribution is 7.98. The predicted molar refractivity (Wildman–Crippen MR) is 108 cm³/mol. The first kappa shape index (κ1) is 20.1. The molecule has 0 aliphatic carbocycles. The van der Waals surface area contributed by atoms with Crippen LogP contribution in [0.5, 0.6) is 5.75 Å². The normalized spacial score (nSPS) is 11.4. The number of hydrogen-bond acceptors (Lipinski definition) is 5. The molecule has 8 heteroatoms. The van der Waals surface area contributed by atoms with Gasteiger partial charge in [-0.2, -0.15) is 11.8 Å². The van der Waals surface area contributed by atoms with E-state index in [1.54, 1.807) is 25.2 Å². The molecule has 7 nitrogen and oxygen atoms in total. The van der Waals surface area contributed by atoms with Crippen molar-refractivity contribution in [3.8, 4) is 5.75 Å². The van der Waals surface area contributed by atoms with Crippen LogP contribution in [0.4, 0.5) is 0 Å². The van der Waals surface area contributed by atoms with Crippen molar-refractivity contribution in [3.05, 3.63) is 42.0 Å². The summed E-state index contributed by atoms with van der Waals surface area (Å²) in [6.07, 6.45) is 4.74. The summed E-state index contributed by atoms with van der Waals surface area (Å²) in [6, 6.07) is 7.95. The van der Waals surface area contributed by atoms with E-state index in [1.165, 1.54) is 0 Å². The number of nitrogens with zero attached hydrogens (tertiary/aromatic N) is 4. The molecule has 2 aromatic rings. The van der Waals surface area contributed by atoms with Gasteiger partial charge in [-0.15, -0.1) is 10.2 Å². The Morgan fingerprint density at radius 1 is 1.27 bits per heavy atom. The van der Waals surface area contributed by atoms with E-state index in [0.29, 0.717) is 6.54 Å². The Balaban J connectivity index is 1.95. The molecule has 26 heavy (non-hydrogen) atoms. The van der Waals surface area contributed by atoms with E-state index in [9.17, 15) is 0 Å². The highest BCUT2D eigenvalue weighted by Gasteiger charge is 2.04. The number of methoxy groups -OCH3 is 1. The Labute approximate surface area is 159 Å². The fourth-order valence-corrected chi connectivity index (χ4v) is 2.78. The first-order valence-corrected chi connectivity index (χ1v) is 10.2. The molecule has 0 saturated carbocycles. The van der Waals surface area contributed by atoms with Gasteiger partial charge < -0.3 is 19.9 Å². The second-order valence-corrected chi connectivity index (χ2v) is 6.60. The number of guanidine groups is 1. The molecule has 0 bridgehead atoms. The molecular formula is C18H28N6OS. The van der Waals surface area contributed by atoms with Gasteiger partial charge in [-0.1, -0.05) is 25.1 Å². The lowest BCUT2D eigenvalue weighted by Gasteiger charge is -2.13. The number of ether oxygens (including phenoxy) is 1. The Morgan fingerprint density at radius 3 is 2.85 bits per heavy atom. The maximum Gasteiger partial charge on any atom is 0.191 e. The van der Waals surface area contributed by atoms with Crippen molar-refractivity contribution in [2.45, 2.75) is 26.4 Å². The zero-order chi connectivity index (χ0) is 18.6. The van der Waals surface area contributed by atoms with Gasteiger partial charge in [0.2, 0.25) is 0 Å². The second-order valence-electron chi connectivity index (χ2n) is 5.62. The lowest BCUT2D eigenvalue weighted by Crippen LogP contribution is -2.40. The van der Waals surface area contributed by atoms with Crippen LogP contribution in [-0.4, -0.2) is 52.9 Å². The fourth-order valence-electron chi connectivity index (χ4n) is 2.48. The summed E-state index contributed by atoms with van der Waals surface area (Å²) in [5.74, 6) is 3.68. The summed E-state index contributed by atoms with van der Waals surface area (Å²) in [7, 11) is 1.68. The van der Waals surface area contributed by atoms with Gasteiger partial charge in [-0.3, -0.25) is 0 Å². The summed E-state index contributed by atoms with van der Waals surface area (Å²) in [5.41, 5.74) is 1.06. The zero-order valence-corrected chi connectivity index (χ0v) is 16.6. The minimum atomic E-state index is 0.561. The molecule has 1 aromatic heterocycles. The van der Waals surface area contributed by atoms with E-state index in [4.69, 9.17) is 9.73 Å². The molecule has 1 aromatic carbocycles. The second kappa shape index (κ2) is 11.4. The van der Waals surface area contributed by atoms with Gasteiger partial charge >= 0.3 is 0 Å². The molecule has 2 rings (SSSR count). The Morgan fingerprint density at radius 2 is 2.08 bits per heavy atom. The Kier molecular flexibility index (Phi) is 8.82. The van der Waals surface area contributed by atoms with Crippen LogP contribution in [0.1, 0.15) is 18.3 Å². The van der Waals surface area contributed by atoms with E-state index < -0.39 is 0 Å². The van der Waals surface area contributed by atoms with E-state index >= 15 is 0 Å². The van der Waals surface area contributed by atoms with Gasteiger partial charge in [0.25, 0.3) is 0 Å². The third kappa shape index (κ3) is 6.25. The number of aromatic nitrogens is 3. The lowest BCUT2D eigenvalue weighted by atomic mass is 10.2. The number of aliphatic imine (C=N–C) groups is 1. The standard InChI is InChI=1S/C18H28N6OS/c1-4-17-23-22-14-24(17)11-9-19-18(20-10-12-26-3)21-13-15-7-5-6-8-16(15)25-2/h5-8,14H,4,9-13H2,1-3H3,(H2,19,20,21). The van der Waals surface area contributed by atoms with E-state index in [0.717, 1.165) is 54.9 Å². The molecule has 0 amide bonds. The molecular weight excluding hydrogens is 348 g/mol. The van der Waals surface area contributed by atoms with Crippen LogP contribution in [0.25, 0.3) is 0 Å². The maximum absolute atomic E-state index is 5.40. The number of thioether (sulfide) groups is 1. The summed E-state index contributed by atoms with van der Waals surface area (Å²) in [6.45, 7) is 5.06. The molecule has 0 radical (unpaired) electrons. The van der Waals surface area contributed by atoms with Crippen LogP contribution in [0.3, 0.4) is 0 Å². The van der Waals surface area contributed by atoms with Gasteiger partial charge in [0.15, 0.2) is 5.96 Å². The molecule has 0 atom stereocenters. The third-order valence-electron chi connectivity index (χ3n) is 3.86. The number of nitrogens with one attached hydrogen (secondary N) is 2. The number of aryl methyl sites for hydroxylation is 1. The monoisotopic (exact) mass is 376 g/mol. The van der Waals surface area contributed by atoms with E-state index in [2.05, 4.69) is 38.6 Å². The maximum atomic E-state index is 5.40. The van der Waals surface area contributed by atoms with Crippen molar-refractivity contribution in [1.29, 1.82) is 0 Å². The summed E-state index contributed by atoms with van der Waals surface area (Å²) < 4.78 is 7.46. The van der Waals surface area contributed by atoms with Gasteiger partial charge in [0.1, 0.15) is 17.9 Å². The van der Waals surface area contributed by atoms with Gasteiger partial charge in [-0.05, 0) is 12.3 Å². The molecule has 142 valence electrons. The van der Waals surface area contributed by atoms with Gasteiger partial charge in [0.05, 0.1) is 13.7 Å². The molecule has 0 saturated heterocycles. The lowest BCUT2D eigenvalue weighted by molar-refractivity contribution is 0.410. The SMILES string of the molecule is CCc1nncn1CCNC(=NCc1ccccc1OC)NCCSC. The van der Waals surface area contributed by atoms with Crippen molar-refractivity contribution in [2.24, 2.45) is 4.99 Å². The van der Waals surface area contributed by atoms with Gasteiger partial charge in [-0.25, -0.2) is 4.99 Å². The number of rotatable bonds is 10. The smallest absolute Gasteiger partial charge is 0.191 e. The zero-order valence-electron chi connectivity index (χ0n) is 15.7. The quantitative estimate of drug-likeness (QED) is 0.375. The first-order chi connectivity index (χ1) is 12.8. The summed E-state index contributed by atoms with van der Waals surface area (Å²) in [5, 5.41) is 14.8. The van der Waals surface area contributed by atoms with Crippen LogP contribution in [0, 0.1) is 0 Å². The van der Waals surface area contributed by atoms with Crippen LogP contribution >= 0.6 is 11.8 Å². The van der Waals surface area contributed by atoms with Crippen LogP contribution in [0.2, 0.25) is 0 Å². The number of hydrogen-bond donors (Lipinski definition) is 2. The summed E-state index contributed by atoms with van der Waals surface area (Å²) in [4.78, 5) is 4.70. The first-order valence-electron chi connectivity index (χ1n) is 8.78. The molecule has 1 heterocycles. The van der Waals surface area contributed by atoms with Crippen LogP contribution < -0.4 is 15.4 Å². The Hall–Kier alpha value is -2.22. The van der Waals surface area contributed by atoms with Crippen molar-refractivity contribution >= 4 is 17.7 Å². The molecule has 0 unspecified atom stereocenters. The average Bonchev–Trinajstić information content (AvgIpc) is 3.13. The van der Waals surface area contributed by atoms with E-state index in [1.807, 2.05) is 24.3 Å². The molecule has 0 aliphatic rings. The van der Waals surface area contributed by atoms with E-state index in [-0.39, 0.29) is 0 Å². The molecule has 0 spiro atoms. The fraction of sp³-hybridized carbons (Fsp3) is 0.500. The molecule has 0 fully saturated rings. The van der Waals surface area contributed by atoms with Crippen LogP contribution in [0.15, 0.2) is 35.6 Å². The number of para-hydroxylation sites is 1. The minimum Gasteiger partial charge on any atom is -0.496 e. The Bertz CT molecular complexity index is 688. The third-order valence-corrected chi connectivity index (χ3v) is 4.47.